The van der Waals surface area contributed by atoms with Gasteiger partial charge in [-0.2, -0.15) is 5.10 Å². The average molecular weight is 263 g/mol. The number of nitrogens with one attached hydrogen (secondary N) is 3. The van der Waals surface area contributed by atoms with Gasteiger partial charge in [0.15, 0.2) is 11.6 Å². The Kier molecular flexibility index (Phi) is 3.74. The Hall–Kier alpha value is -2.44. The standard InChI is InChI=1S/C12H14FN5O/c1-7(8-5-16-17-6-8)18-12(19)9-3-4-15-11(14-2)10(9)13/h3-7H,1-2H3,(H,14,15)(H,16,17)(H,18,19). The average Bonchev–Trinajstić information content (AvgIpc) is 2.92. The Labute approximate surface area is 109 Å². The first kappa shape index (κ1) is 13.0. The summed E-state index contributed by atoms with van der Waals surface area (Å²) in [7, 11) is 1.54. The quantitative estimate of drug-likeness (QED) is 0.780. The van der Waals surface area contributed by atoms with Crippen molar-refractivity contribution >= 4 is 11.7 Å². The largest absolute Gasteiger partial charge is 0.371 e. The molecule has 19 heavy (non-hydrogen) atoms. The molecule has 6 nitrogen and oxygen atoms in total. The minimum Gasteiger partial charge on any atom is -0.371 e. The Balaban J connectivity index is 2.16. The Bertz CT molecular complexity index is 570. The highest BCUT2D eigenvalue weighted by molar-refractivity contribution is 5.95. The zero-order valence-electron chi connectivity index (χ0n) is 10.6. The number of H-pyrrole nitrogens is 1. The Morgan fingerprint density at radius 3 is 2.95 bits per heavy atom. The number of aromatic amines is 1. The molecule has 0 aromatic carbocycles. The van der Waals surface area contributed by atoms with E-state index in [9.17, 15) is 9.18 Å². The molecule has 3 N–H and O–H groups in total. The van der Waals surface area contributed by atoms with Gasteiger partial charge in [0.25, 0.3) is 5.91 Å². The first-order chi connectivity index (χ1) is 9.13. The fraction of sp³-hybridized carbons (Fsp3) is 0.250. The molecule has 0 aliphatic carbocycles. The summed E-state index contributed by atoms with van der Waals surface area (Å²) < 4.78 is 13.9. The normalized spacial score (nSPS) is 11.9. The summed E-state index contributed by atoms with van der Waals surface area (Å²) >= 11 is 0. The number of hydrogen-bond donors (Lipinski definition) is 3. The summed E-state index contributed by atoms with van der Waals surface area (Å²) in [5.41, 5.74) is 0.770. The molecule has 0 saturated carbocycles. The van der Waals surface area contributed by atoms with Crippen molar-refractivity contribution in [3.05, 3.63) is 41.6 Å². The molecule has 7 heteroatoms. The number of nitrogens with zero attached hydrogens (tertiary/aromatic N) is 2. The van der Waals surface area contributed by atoms with E-state index in [4.69, 9.17) is 0 Å². The lowest BCUT2D eigenvalue weighted by Gasteiger charge is -2.13. The number of amides is 1. The maximum absolute atomic E-state index is 13.9. The molecule has 0 aliphatic rings. The van der Waals surface area contributed by atoms with Crippen LogP contribution in [-0.2, 0) is 0 Å². The van der Waals surface area contributed by atoms with E-state index < -0.39 is 11.7 Å². The van der Waals surface area contributed by atoms with Crippen molar-refractivity contribution in [3.8, 4) is 0 Å². The second-order valence-electron chi connectivity index (χ2n) is 4.00. The van der Waals surface area contributed by atoms with E-state index in [1.807, 2.05) is 0 Å². The molecule has 0 aliphatic heterocycles. The predicted octanol–water partition coefficient (Wildman–Crippen LogP) is 1.48. The highest BCUT2D eigenvalue weighted by Crippen LogP contribution is 2.16. The van der Waals surface area contributed by atoms with Crippen LogP contribution in [0.4, 0.5) is 10.2 Å². The smallest absolute Gasteiger partial charge is 0.254 e. The number of rotatable bonds is 4. The SMILES string of the molecule is CNc1nccc(C(=O)NC(C)c2cn[nH]c2)c1F. The Morgan fingerprint density at radius 1 is 1.53 bits per heavy atom. The van der Waals surface area contributed by atoms with Crippen molar-refractivity contribution in [2.24, 2.45) is 0 Å². The summed E-state index contributed by atoms with van der Waals surface area (Å²) in [5.74, 6) is -1.12. The van der Waals surface area contributed by atoms with Crippen molar-refractivity contribution in [2.75, 3.05) is 12.4 Å². The van der Waals surface area contributed by atoms with Gasteiger partial charge in [-0.15, -0.1) is 0 Å². The van der Waals surface area contributed by atoms with E-state index in [2.05, 4.69) is 25.8 Å². The van der Waals surface area contributed by atoms with E-state index >= 15 is 0 Å². The van der Waals surface area contributed by atoms with Crippen LogP contribution in [0.25, 0.3) is 0 Å². The van der Waals surface area contributed by atoms with Crippen LogP contribution in [-0.4, -0.2) is 28.1 Å². The van der Waals surface area contributed by atoms with Gasteiger partial charge in [0, 0.05) is 25.0 Å². The maximum Gasteiger partial charge on any atom is 0.254 e. The van der Waals surface area contributed by atoms with E-state index in [0.29, 0.717) is 0 Å². The topological polar surface area (TPSA) is 82.7 Å². The predicted molar refractivity (Wildman–Crippen MR) is 68.2 cm³/mol. The van der Waals surface area contributed by atoms with Crippen LogP contribution in [0.1, 0.15) is 28.9 Å². The number of anilines is 1. The van der Waals surface area contributed by atoms with Gasteiger partial charge in [-0.1, -0.05) is 0 Å². The zero-order valence-corrected chi connectivity index (χ0v) is 10.6. The van der Waals surface area contributed by atoms with Gasteiger partial charge in [-0.05, 0) is 13.0 Å². The molecule has 0 saturated heterocycles. The summed E-state index contributed by atoms with van der Waals surface area (Å²) in [4.78, 5) is 15.8. The molecule has 2 aromatic heterocycles. The van der Waals surface area contributed by atoms with Gasteiger partial charge in [-0.25, -0.2) is 9.37 Å². The van der Waals surface area contributed by atoms with Crippen LogP contribution in [0, 0.1) is 5.82 Å². The second-order valence-corrected chi connectivity index (χ2v) is 4.00. The molecule has 0 spiro atoms. The number of pyridine rings is 1. The molecule has 1 unspecified atom stereocenters. The number of hydrogen-bond acceptors (Lipinski definition) is 4. The van der Waals surface area contributed by atoms with Gasteiger partial charge in [-0.3, -0.25) is 9.89 Å². The fourth-order valence-electron chi connectivity index (χ4n) is 1.65. The van der Waals surface area contributed by atoms with Gasteiger partial charge in [0.2, 0.25) is 0 Å². The zero-order chi connectivity index (χ0) is 13.8. The Morgan fingerprint density at radius 2 is 2.32 bits per heavy atom. The van der Waals surface area contributed by atoms with E-state index in [1.165, 1.54) is 12.3 Å². The molecular weight excluding hydrogens is 249 g/mol. The molecule has 1 amide bonds. The van der Waals surface area contributed by atoms with Crippen molar-refractivity contribution in [2.45, 2.75) is 13.0 Å². The third-order valence-corrected chi connectivity index (χ3v) is 2.74. The lowest BCUT2D eigenvalue weighted by Crippen LogP contribution is -2.27. The van der Waals surface area contributed by atoms with E-state index in [0.717, 1.165) is 5.56 Å². The molecule has 0 radical (unpaired) electrons. The lowest BCUT2D eigenvalue weighted by molar-refractivity contribution is 0.0936. The van der Waals surface area contributed by atoms with Crippen molar-refractivity contribution in [3.63, 3.8) is 0 Å². The summed E-state index contributed by atoms with van der Waals surface area (Å²) in [6, 6.07) is 1.07. The van der Waals surface area contributed by atoms with Gasteiger partial charge in [0.1, 0.15) is 0 Å². The fourth-order valence-corrected chi connectivity index (χ4v) is 1.65. The molecule has 2 aromatic rings. The van der Waals surface area contributed by atoms with Crippen LogP contribution < -0.4 is 10.6 Å². The molecule has 100 valence electrons. The van der Waals surface area contributed by atoms with Crippen molar-refractivity contribution in [1.29, 1.82) is 0 Å². The van der Waals surface area contributed by atoms with Crippen LogP contribution in [0.3, 0.4) is 0 Å². The molecular formula is C12H14FN5O. The molecule has 0 fully saturated rings. The van der Waals surface area contributed by atoms with E-state index in [-0.39, 0.29) is 17.4 Å². The maximum atomic E-state index is 13.9. The van der Waals surface area contributed by atoms with Crippen LogP contribution in [0.15, 0.2) is 24.7 Å². The van der Waals surface area contributed by atoms with Gasteiger partial charge >= 0.3 is 0 Å². The number of carbonyl (C=O) groups is 1. The monoisotopic (exact) mass is 263 g/mol. The summed E-state index contributed by atoms with van der Waals surface area (Å²) in [6.07, 6.45) is 4.66. The lowest BCUT2D eigenvalue weighted by atomic mass is 10.1. The first-order valence-corrected chi connectivity index (χ1v) is 5.75. The van der Waals surface area contributed by atoms with E-state index in [1.54, 1.807) is 26.4 Å². The number of carbonyl (C=O) groups excluding carboxylic acids is 1. The highest BCUT2D eigenvalue weighted by atomic mass is 19.1. The number of halogens is 1. The van der Waals surface area contributed by atoms with Gasteiger partial charge in [0.05, 0.1) is 17.8 Å². The molecule has 0 bridgehead atoms. The van der Waals surface area contributed by atoms with Gasteiger partial charge < -0.3 is 10.6 Å². The molecule has 2 heterocycles. The second kappa shape index (κ2) is 5.47. The highest BCUT2D eigenvalue weighted by Gasteiger charge is 2.18. The van der Waals surface area contributed by atoms with Crippen molar-refractivity contribution in [1.82, 2.24) is 20.5 Å². The first-order valence-electron chi connectivity index (χ1n) is 5.75. The molecule has 2 rings (SSSR count). The minimum absolute atomic E-state index is 0.0450. The minimum atomic E-state index is -0.665. The van der Waals surface area contributed by atoms with Crippen LogP contribution >= 0.6 is 0 Å². The van der Waals surface area contributed by atoms with Crippen LogP contribution in [0.2, 0.25) is 0 Å². The van der Waals surface area contributed by atoms with Crippen molar-refractivity contribution < 1.29 is 9.18 Å². The van der Waals surface area contributed by atoms with Crippen LogP contribution in [0.5, 0.6) is 0 Å². The number of aromatic nitrogens is 3. The summed E-state index contributed by atoms with van der Waals surface area (Å²) in [5, 5.41) is 11.7. The molecule has 1 atom stereocenters. The third kappa shape index (κ3) is 2.70. The summed E-state index contributed by atoms with van der Waals surface area (Å²) in [6.45, 7) is 1.79. The third-order valence-electron chi connectivity index (χ3n) is 2.74.